The van der Waals surface area contributed by atoms with Crippen molar-refractivity contribution in [2.45, 2.75) is 79.4 Å². The number of carbonyl (C=O) groups is 4. The molecule has 3 N–H and O–H groups in total. The van der Waals surface area contributed by atoms with Crippen molar-refractivity contribution < 1.29 is 38.1 Å². The van der Waals surface area contributed by atoms with Gasteiger partial charge >= 0.3 is 12.1 Å². The van der Waals surface area contributed by atoms with Gasteiger partial charge in [-0.25, -0.2) is 14.6 Å². The minimum absolute atomic E-state index is 0.0401. The zero-order valence-corrected chi connectivity index (χ0v) is 33.4. The lowest BCUT2D eigenvalue weighted by atomic mass is 9.93. The number of rotatable bonds is 14. The average Bonchev–Trinajstić information content (AvgIpc) is 3.55. The molecule has 0 fully saturated rings. The Morgan fingerprint density at radius 1 is 0.964 bits per heavy atom. The molecule has 0 atom stereocenters. The van der Waals surface area contributed by atoms with Gasteiger partial charge in [-0.1, -0.05) is 26.8 Å². The number of anilines is 1. The molecule has 0 spiro atoms. The van der Waals surface area contributed by atoms with Crippen LogP contribution in [0, 0.1) is 5.92 Å². The molecule has 3 amide bonds. The highest BCUT2D eigenvalue weighted by Crippen LogP contribution is 2.43. The zero-order valence-electron chi connectivity index (χ0n) is 32.6. The number of nitrogens with one attached hydrogen (secondary N) is 3. The molecule has 3 heterocycles. The number of amides is 3. The van der Waals surface area contributed by atoms with Crippen molar-refractivity contribution in [1.29, 1.82) is 0 Å². The average molecular weight is 771 g/mol. The Morgan fingerprint density at radius 2 is 1.76 bits per heavy atom. The predicted molar refractivity (Wildman–Crippen MR) is 213 cm³/mol. The standard InChI is InChI=1S/C42H50N4O8S/c1-8-17-43-39(48)33-14-12-28(36(45-33)40(49)51-7)29-23-34-31(37-27(15-19-53-34)16-20-55-37)22-30(29)38(47)46-32-13-11-26(24-44-41(50)54-42(4,5)6)21-35(32)52-18-9-10-25(2)3/h11-14,16,20-23,25H,8-10,15,17-19,24H2,1-7H3,(H,43,48)(H,44,50)(H,46,47). The molecule has 4 aromatic rings. The number of benzene rings is 2. The SMILES string of the molecule is CCCNC(=O)c1ccc(-c2cc3c(cc2C(=O)Nc2ccc(CNC(=O)OC(C)(C)C)cc2OCCCC(C)C)-c2sccc2CCO3)c(C(=O)OC)n1. The van der Waals surface area contributed by atoms with Crippen LogP contribution >= 0.6 is 11.3 Å². The van der Waals surface area contributed by atoms with Crippen LogP contribution in [0.5, 0.6) is 11.5 Å². The molecule has 1 aliphatic heterocycles. The number of pyridine rings is 1. The number of hydrogen-bond donors (Lipinski definition) is 3. The molecular formula is C42H50N4O8S. The Kier molecular flexibility index (Phi) is 13.5. The van der Waals surface area contributed by atoms with Crippen molar-refractivity contribution in [3.05, 3.63) is 82.0 Å². The fourth-order valence-electron chi connectivity index (χ4n) is 5.96. The van der Waals surface area contributed by atoms with E-state index in [9.17, 15) is 19.2 Å². The summed E-state index contributed by atoms with van der Waals surface area (Å²) in [6, 6.07) is 14.0. The van der Waals surface area contributed by atoms with Gasteiger partial charge in [0.15, 0.2) is 5.69 Å². The van der Waals surface area contributed by atoms with Crippen molar-refractivity contribution in [3.8, 4) is 33.1 Å². The van der Waals surface area contributed by atoms with Gasteiger partial charge in [0.2, 0.25) is 0 Å². The zero-order chi connectivity index (χ0) is 39.7. The Labute approximate surface area is 326 Å². The highest BCUT2D eigenvalue weighted by Gasteiger charge is 2.27. The third kappa shape index (κ3) is 10.6. The third-order valence-electron chi connectivity index (χ3n) is 8.63. The number of ether oxygens (including phenoxy) is 4. The van der Waals surface area contributed by atoms with Crippen molar-refractivity contribution in [2.24, 2.45) is 5.92 Å². The maximum atomic E-state index is 14.6. The Bertz CT molecular complexity index is 2030. The van der Waals surface area contributed by atoms with Crippen LogP contribution in [0.2, 0.25) is 0 Å². The van der Waals surface area contributed by atoms with Gasteiger partial charge in [-0.2, -0.15) is 0 Å². The number of methoxy groups -OCH3 is 1. The minimum Gasteiger partial charge on any atom is -0.493 e. The minimum atomic E-state index is -0.768. The van der Waals surface area contributed by atoms with E-state index in [1.165, 1.54) is 13.2 Å². The molecule has 55 heavy (non-hydrogen) atoms. The summed E-state index contributed by atoms with van der Waals surface area (Å²) >= 11 is 1.56. The third-order valence-corrected chi connectivity index (χ3v) is 9.62. The van der Waals surface area contributed by atoms with Crippen LogP contribution in [-0.4, -0.2) is 61.3 Å². The van der Waals surface area contributed by atoms with E-state index in [-0.39, 0.29) is 23.5 Å². The number of nitrogens with zero attached hydrogens (tertiary/aromatic N) is 1. The highest BCUT2D eigenvalue weighted by atomic mass is 32.1. The van der Waals surface area contributed by atoms with Crippen LogP contribution in [0.25, 0.3) is 21.6 Å². The van der Waals surface area contributed by atoms with Crippen molar-refractivity contribution in [3.63, 3.8) is 0 Å². The fourth-order valence-corrected chi connectivity index (χ4v) is 6.94. The van der Waals surface area contributed by atoms with Gasteiger partial charge in [0.05, 0.1) is 26.0 Å². The molecule has 292 valence electrons. The Balaban J connectivity index is 1.57. The van der Waals surface area contributed by atoms with Crippen molar-refractivity contribution >= 4 is 40.9 Å². The first-order chi connectivity index (χ1) is 26.3. The van der Waals surface area contributed by atoms with E-state index < -0.39 is 29.5 Å². The van der Waals surface area contributed by atoms with Crippen LogP contribution in [-0.2, 0) is 22.4 Å². The second-order valence-corrected chi connectivity index (χ2v) is 15.5. The normalized spacial score (nSPS) is 12.1. The Hall–Kier alpha value is -5.43. The quantitative estimate of drug-likeness (QED) is 0.0847. The van der Waals surface area contributed by atoms with Crippen LogP contribution in [0.1, 0.15) is 103 Å². The first-order valence-electron chi connectivity index (χ1n) is 18.6. The fraction of sp³-hybridized carbons (Fsp3) is 0.405. The van der Waals surface area contributed by atoms with Gasteiger partial charge in [-0.05, 0) is 105 Å². The second-order valence-electron chi connectivity index (χ2n) is 14.6. The number of fused-ring (bicyclic) bond motifs is 3. The number of esters is 1. The Morgan fingerprint density at radius 3 is 2.49 bits per heavy atom. The molecule has 2 aromatic heterocycles. The van der Waals surface area contributed by atoms with Gasteiger partial charge in [0, 0.05) is 46.6 Å². The lowest BCUT2D eigenvalue weighted by molar-refractivity contribution is 0.0521. The maximum absolute atomic E-state index is 14.6. The van der Waals surface area contributed by atoms with E-state index in [0.717, 1.165) is 40.8 Å². The van der Waals surface area contributed by atoms with Crippen LogP contribution < -0.4 is 25.4 Å². The number of hydrogen-bond acceptors (Lipinski definition) is 10. The summed E-state index contributed by atoms with van der Waals surface area (Å²) in [6.45, 7) is 13.1. The van der Waals surface area contributed by atoms with Gasteiger partial charge in [-0.3, -0.25) is 9.59 Å². The lowest BCUT2D eigenvalue weighted by Crippen LogP contribution is -2.32. The summed E-state index contributed by atoms with van der Waals surface area (Å²) in [5.41, 5.74) is 3.17. The topological polar surface area (TPSA) is 154 Å². The molecule has 13 heteroatoms. The van der Waals surface area contributed by atoms with Gasteiger partial charge in [0.25, 0.3) is 11.8 Å². The van der Waals surface area contributed by atoms with Crippen molar-refractivity contribution in [2.75, 3.05) is 32.2 Å². The molecule has 5 rings (SSSR count). The molecule has 0 saturated heterocycles. The van der Waals surface area contributed by atoms with E-state index in [4.69, 9.17) is 18.9 Å². The molecule has 1 aliphatic rings. The molecule has 0 saturated carbocycles. The summed E-state index contributed by atoms with van der Waals surface area (Å²) in [4.78, 5) is 58.5. The largest absolute Gasteiger partial charge is 0.493 e. The smallest absolute Gasteiger partial charge is 0.407 e. The van der Waals surface area contributed by atoms with Crippen LogP contribution in [0.4, 0.5) is 10.5 Å². The van der Waals surface area contributed by atoms with E-state index in [2.05, 4.69) is 40.8 Å². The molecular weight excluding hydrogens is 721 g/mol. The first-order valence-corrected chi connectivity index (χ1v) is 19.4. The molecule has 0 aliphatic carbocycles. The molecule has 0 bridgehead atoms. The number of carbonyl (C=O) groups excluding carboxylic acids is 4. The number of alkyl carbamates (subject to hydrolysis) is 1. The van der Waals surface area contributed by atoms with Gasteiger partial charge < -0.3 is 34.9 Å². The second kappa shape index (κ2) is 18.3. The van der Waals surface area contributed by atoms with E-state index in [1.807, 2.05) is 12.3 Å². The summed E-state index contributed by atoms with van der Waals surface area (Å²) in [5, 5.41) is 10.6. The monoisotopic (exact) mass is 770 g/mol. The highest BCUT2D eigenvalue weighted by molar-refractivity contribution is 7.13. The van der Waals surface area contributed by atoms with Crippen LogP contribution in [0.3, 0.4) is 0 Å². The molecule has 0 radical (unpaired) electrons. The summed E-state index contributed by atoms with van der Waals surface area (Å²) in [7, 11) is 1.24. The summed E-state index contributed by atoms with van der Waals surface area (Å²) < 4.78 is 23.0. The van der Waals surface area contributed by atoms with E-state index in [0.29, 0.717) is 60.4 Å². The first kappa shape index (κ1) is 40.7. The number of thiophene rings is 1. The van der Waals surface area contributed by atoms with E-state index >= 15 is 0 Å². The summed E-state index contributed by atoms with van der Waals surface area (Å²) in [6.07, 6.45) is 2.63. The molecule has 12 nitrogen and oxygen atoms in total. The van der Waals surface area contributed by atoms with Gasteiger partial charge in [0.1, 0.15) is 22.8 Å². The van der Waals surface area contributed by atoms with E-state index in [1.54, 1.807) is 68.5 Å². The summed E-state index contributed by atoms with van der Waals surface area (Å²) in [5.74, 6) is -0.208. The molecule has 0 unspecified atom stereocenters. The molecule has 2 aromatic carbocycles. The predicted octanol–water partition coefficient (Wildman–Crippen LogP) is 8.43. The maximum Gasteiger partial charge on any atom is 0.407 e. The van der Waals surface area contributed by atoms with Crippen molar-refractivity contribution in [1.82, 2.24) is 15.6 Å². The lowest BCUT2D eigenvalue weighted by Gasteiger charge is -2.20. The van der Waals surface area contributed by atoms with Crippen LogP contribution in [0.15, 0.2) is 53.9 Å². The van der Waals surface area contributed by atoms with Gasteiger partial charge in [-0.15, -0.1) is 11.3 Å². The number of aromatic nitrogens is 1.